The fourth-order valence-electron chi connectivity index (χ4n) is 1.78. The van der Waals surface area contributed by atoms with Crippen molar-refractivity contribution in [3.63, 3.8) is 0 Å². The smallest absolute Gasteiger partial charge is 0.0254 e. The Labute approximate surface area is 130 Å². The number of hydrogen-bond donors (Lipinski definition) is 0. The zero-order valence-electron chi connectivity index (χ0n) is 12.4. The molecule has 0 aliphatic carbocycles. The number of aryl methyl sites for hydroxylation is 2. The Bertz CT molecular complexity index is 560. The number of rotatable bonds is 3. The first-order valence-corrected chi connectivity index (χ1v) is 6.64. The Morgan fingerprint density at radius 3 is 1.43 bits per heavy atom. The molecule has 21 heavy (non-hydrogen) atoms. The van der Waals surface area contributed by atoms with Crippen LogP contribution in [0.1, 0.15) is 35.2 Å². The quantitative estimate of drug-likeness (QED) is 0.596. The van der Waals surface area contributed by atoms with Crippen LogP contribution in [0.25, 0.3) is 18.2 Å². The normalized spacial score (nSPS) is 8.67. The van der Waals surface area contributed by atoms with Gasteiger partial charge in [0.05, 0.1) is 0 Å². The van der Waals surface area contributed by atoms with Crippen molar-refractivity contribution in [3.05, 3.63) is 90.0 Å². The third-order valence-electron chi connectivity index (χ3n) is 2.91. The summed E-state index contributed by atoms with van der Waals surface area (Å²) in [4.78, 5) is 0. The van der Waals surface area contributed by atoms with Crippen molar-refractivity contribution in [1.82, 2.24) is 0 Å². The zero-order chi connectivity index (χ0) is 15.0. The van der Waals surface area contributed by atoms with Gasteiger partial charge in [-0.1, -0.05) is 87.4 Å². The van der Waals surface area contributed by atoms with Gasteiger partial charge in [-0.05, 0) is 42.2 Å². The number of hydrogen-bond acceptors (Lipinski definition) is 0. The fraction of sp³-hybridized carbons (Fsp3) is 0.143. The van der Waals surface area contributed by atoms with Crippen LogP contribution in [0, 0.1) is 13.8 Å². The maximum absolute atomic E-state index is 3.71. The second kappa shape index (κ2) is 9.55. The SMILES string of the molecule is C.C=Cc1cc(C)cc(C=C)c1.C=Cc1ccc(C)cc1. The predicted octanol–water partition coefficient (Wildman–Crippen LogP) is 6.56. The largest absolute Gasteiger partial charge is 0.0985 e. The van der Waals surface area contributed by atoms with Crippen LogP contribution in [0.4, 0.5) is 0 Å². The van der Waals surface area contributed by atoms with E-state index in [0.29, 0.717) is 0 Å². The minimum absolute atomic E-state index is 0. The summed E-state index contributed by atoms with van der Waals surface area (Å²) < 4.78 is 0. The van der Waals surface area contributed by atoms with Crippen molar-refractivity contribution in [3.8, 4) is 0 Å². The van der Waals surface area contributed by atoms with Gasteiger partial charge in [0.2, 0.25) is 0 Å². The van der Waals surface area contributed by atoms with Gasteiger partial charge in [0.1, 0.15) is 0 Å². The summed E-state index contributed by atoms with van der Waals surface area (Å²) >= 11 is 0. The maximum atomic E-state index is 3.71. The highest BCUT2D eigenvalue weighted by atomic mass is 14.0. The van der Waals surface area contributed by atoms with Crippen LogP contribution in [0.3, 0.4) is 0 Å². The van der Waals surface area contributed by atoms with E-state index in [1.807, 2.05) is 18.2 Å². The minimum atomic E-state index is 0. The first kappa shape index (κ1) is 18.7. The average molecular weight is 278 g/mol. The summed E-state index contributed by atoms with van der Waals surface area (Å²) in [6.07, 6.45) is 5.54. The van der Waals surface area contributed by atoms with Crippen molar-refractivity contribution < 1.29 is 0 Å². The minimum Gasteiger partial charge on any atom is -0.0985 e. The average Bonchev–Trinajstić information content (AvgIpc) is 2.48. The predicted molar refractivity (Wildman–Crippen MR) is 99.4 cm³/mol. The van der Waals surface area contributed by atoms with Crippen molar-refractivity contribution in [2.75, 3.05) is 0 Å². The van der Waals surface area contributed by atoms with Crippen molar-refractivity contribution in [2.24, 2.45) is 0 Å². The van der Waals surface area contributed by atoms with E-state index in [2.05, 4.69) is 76.0 Å². The molecule has 0 saturated carbocycles. The molecule has 0 atom stereocenters. The summed E-state index contributed by atoms with van der Waals surface area (Å²) in [5, 5.41) is 0. The Balaban J connectivity index is 0.000000370. The highest BCUT2D eigenvalue weighted by Crippen LogP contribution is 2.11. The second-order valence-electron chi connectivity index (χ2n) is 4.70. The van der Waals surface area contributed by atoms with Crippen LogP contribution in [-0.4, -0.2) is 0 Å². The summed E-state index contributed by atoms with van der Waals surface area (Å²) in [6.45, 7) is 15.2. The summed E-state index contributed by atoms with van der Waals surface area (Å²) in [5.74, 6) is 0. The fourth-order valence-corrected chi connectivity index (χ4v) is 1.78. The lowest BCUT2D eigenvalue weighted by Gasteiger charge is -1.98. The van der Waals surface area contributed by atoms with Crippen LogP contribution in [0.5, 0.6) is 0 Å². The molecule has 0 heteroatoms. The third kappa shape index (κ3) is 6.58. The van der Waals surface area contributed by atoms with Gasteiger partial charge in [-0.25, -0.2) is 0 Å². The summed E-state index contributed by atoms with van der Waals surface area (Å²) in [5.41, 5.74) is 6.03. The molecule has 0 heterocycles. The van der Waals surface area contributed by atoms with E-state index in [1.54, 1.807) is 0 Å². The van der Waals surface area contributed by atoms with Crippen LogP contribution in [0.2, 0.25) is 0 Å². The molecule has 0 aliphatic heterocycles. The molecule has 0 aromatic heterocycles. The first-order valence-electron chi connectivity index (χ1n) is 6.64. The molecule has 0 fully saturated rings. The molecule has 2 aromatic carbocycles. The van der Waals surface area contributed by atoms with Gasteiger partial charge in [-0.2, -0.15) is 0 Å². The first-order chi connectivity index (χ1) is 9.58. The molecule has 0 nitrogen and oxygen atoms in total. The Morgan fingerprint density at radius 2 is 1.05 bits per heavy atom. The molecule has 2 rings (SSSR count). The second-order valence-corrected chi connectivity index (χ2v) is 4.70. The van der Waals surface area contributed by atoms with E-state index < -0.39 is 0 Å². The monoisotopic (exact) mass is 278 g/mol. The standard InChI is InChI=1S/C11H12.C9H10.CH4/c1-4-10-6-9(3)7-11(5-2)8-10;1-3-9-6-4-8(2)5-7-9;/h4-8H,1-2H2,3H3;3-7H,1H2,2H3;1H4. The lowest BCUT2D eigenvalue weighted by Crippen LogP contribution is -1.78. The van der Waals surface area contributed by atoms with Crippen LogP contribution >= 0.6 is 0 Å². The molecule has 0 N–H and O–H groups in total. The van der Waals surface area contributed by atoms with Crippen LogP contribution in [-0.2, 0) is 0 Å². The van der Waals surface area contributed by atoms with Crippen molar-refractivity contribution >= 4 is 18.2 Å². The lowest BCUT2D eigenvalue weighted by atomic mass is 10.1. The topological polar surface area (TPSA) is 0 Å². The van der Waals surface area contributed by atoms with E-state index in [0.717, 1.165) is 11.1 Å². The van der Waals surface area contributed by atoms with Gasteiger partial charge >= 0.3 is 0 Å². The Morgan fingerprint density at radius 1 is 0.619 bits per heavy atom. The lowest BCUT2D eigenvalue weighted by molar-refractivity contribution is 1.45. The van der Waals surface area contributed by atoms with Gasteiger partial charge in [0, 0.05) is 0 Å². The van der Waals surface area contributed by atoms with Gasteiger partial charge in [-0.3, -0.25) is 0 Å². The molecule has 0 bridgehead atoms. The van der Waals surface area contributed by atoms with E-state index in [4.69, 9.17) is 0 Å². The van der Waals surface area contributed by atoms with Gasteiger partial charge in [0.25, 0.3) is 0 Å². The summed E-state index contributed by atoms with van der Waals surface area (Å²) in [6, 6.07) is 14.5. The molecular weight excluding hydrogens is 252 g/mol. The molecule has 2 aromatic rings. The molecule has 0 saturated heterocycles. The Hall–Kier alpha value is -2.34. The molecule has 110 valence electrons. The molecule has 0 radical (unpaired) electrons. The van der Waals surface area contributed by atoms with E-state index in [-0.39, 0.29) is 7.43 Å². The molecule has 0 unspecified atom stereocenters. The highest BCUT2D eigenvalue weighted by Gasteiger charge is 1.91. The van der Waals surface area contributed by atoms with Crippen molar-refractivity contribution in [2.45, 2.75) is 21.3 Å². The summed E-state index contributed by atoms with van der Waals surface area (Å²) in [7, 11) is 0. The van der Waals surface area contributed by atoms with Crippen LogP contribution < -0.4 is 0 Å². The van der Waals surface area contributed by atoms with Gasteiger partial charge in [0.15, 0.2) is 0 Å². The highest BCUT2D eigenvalue weighted by molar-refractivity contribution is 5.57. The van der Waals surface area contributed by atoms with E-state index >= 15 is 0 Å². The van der Waals surface area contributed by atoms with Crippen LogP contribution in [0.15, 0.2) is 62.2 Å². The molecule has 0 aliphatic rings. The maximum Gasteiger partial charge on any atom is -0.0254 e. The molecule has 0 amide bonds. The molecule has 0 spiro atoms. The number of benzene rings is 2. The van der Waals surface area contributed by atoms with Gasteiger partial charge in [-0.15, -0.1) is 0 Å². The van der Waals surface area contributed by atoms with Crippen molar-refractivity contribution in [1.29, 1.82) is 0 Å². The zero-order valence-corrected chi connectivity index (χ0v) is 12.4. The van der Waals surface area contributed by atoms with Gasteiger partial charge < -0.3 is 0 Å². The van der Waals surface area contributed by atoms with E-state index in [1.165, 1.54) is 16.7 Å². The molecular formula is C21H26. The Kier molecular flexibility index (Phi) is 8.48. The third-order valence-corrected chi connectivity index (χ3v) is 2.91. The van der Waals surface area contributed by atoms with E-state index in [9.17, 15) is 0 Å².